The first kappa shape index (κ1) is 20.1. The van der Waals surface area contributed by atoms with Crippen LogP contribution in [-0.4, -0.2) is 49.2 Å². The normalized spacial score (nSPS) is 16.8. The highest BCUT2D eigenvalue weighted by Gasteiger charge is 2.19. The average Bonchev–Trinajstić information content (AvgIpc) is 3.19. The highest BCUT2D eigenvalue weighted by atomic mass is 19.1. The van der Waals surface area contributed by atoms with Crippen molar-refractivity contribution in [3.8, 4) is 11.6 Å². The lowest BCUT2D eigenvalue weighted by molar-refractivity contribution is 0.181. The molecule has 0 bridgehead atoms. The van der Waals surface area contributed by atoms with Gasteiger partial charge >= 0.3 is 0 Å². The van der Waals surface area contributed by atoms with Crippen molar-refractivity contribution in [3.05, 3.63) is 54.0 Å². The van der Waals surface area contributed by atoms with Crippen LogP contribution in [0.2, 0.25) is 0 Å². The third-order valence-electron chi connectivity index (χ3n) is 4.51. The molecule has 1 aromatic carbocycles. The molecule has 1 aliphatic rings. The van der Waals surface area contributed by atoms with Gasteiger partial charge in [-0.05, 0) is 31.5 Å². The van der Waals surface area contributed by atoms with E-state index in [0.29, 0.717) is 24.1 Å². The summed E-state index contributed by atoms with van der Waals surface area (Å²) in [4.78, 5) is 11.2. The minimum atomic E-state index is -0.347. The van der Waals surface area contributed by atoms with Gasteiger partial charge in [0.1, 0.15) is 11.6 Å². The molecule has 1 aromatic heterocycles. The van der Waals surface area contributed by atoms with Crippen LogP contribution in [0, 0.1) is 11.7 Å². The molecule has 0 radical (unpaired) electrons. The van der Waals surface area contributed by atoms with Crippen molar-refractivity contribution in [2.24, 2.45) is 10.9 Å². The van der Waals surface area contributed by atoms with Gasteiger partial charge in [-0.15, -0.1) is 0 Å². The fourth-order valence-electron chi connectivity index (χ4n) is 3.11. The Hall–Kier alpha value is -2.67. The Bertz CT molecular complexity index is 793. The van der Waals surface area contributed by atoms with Crippen LogP contribution >= 0.6 is 0 Å². The molecule has 2 heterocycles. The van der Waals surface area contributed by atoms with Gasteiger partial charge in [-0.2, -0.15) is 0 Å². The summed E-state index contributed by atoms with van der Waals surface area (Å²) >= 11 is 0. The number of ether oxygens (including phenoxy) is 2. The van der Waals surface area contributed by atoms with E-state index in [9.17, 15) is 4.39 Å². The lowest BCUT2D eigenvalue weighted by Crippen LogP contribution is -2.41. The maximum atomic E-state index is 13.4. The third kappa shape index (κ3) is 5.66. The van der Waals surface area contributed by atoms with Gasteiger partial charge in [0, 0.05) is 50.5 Å². The highest BCUT2D eigenvalue weighted by Crippen LogP contribution is 2.24. The monoisotopic (exact) mass is 386 g/mol. The Morgan fingerprint density at radius 1 is 1.39 bits per heavy atom. The van der Waals surface area contributed by atoms with Crippen LogP contribution < -0.4 is 10.1 Å². The third-order valence-corrected chi connectivity index (χ3v) is 4.51. The lowest BCUT2D eigenvalue weighted by atomic mass is 10.1. The van der Waals surface area contributed by atoms with Crippen LogP contribution in [-0.2, 0) is 11.3 Å². The van der Waals surface area contributed by atoms with Gasteiger partial charge in [0.25, 0.3) is 0 Å². The lowest BCUT2D eigenvalue weighted by Gasteiger charge is -2.24. The Balaban J connectivity index is 1.71. The first-order chi connectivity index (χ1) is 13.7. The van der Waals surface area contributed by atoms with Crippen LogP contribution in [0.3, 0.4) is 0 Å². The van der Waals surface area contributed by atoms with E-state index in [1.165, 1.54) is 12.1 Å². The van der Waals surface area contributed by atoms with E-state index in [0.717, 1.165) is 44.2 Å². The summed E-state index contributed by atoms with van der Waals surface area (Å²) in [5.74, 6) is 1.85. The summed E-state index contributed by atoms with van der Waals surface area (Å²) in [5.41, 5.74) is 0.833. The van der Waals surface area contributed by atoms with Gasteiger partial charge < -0.3 is 19.7 Å². The van der Waals surface area contributed by atoms with E-state index >= 15 is 0 Å². The van der Waals surface area contributed by atoms with Crippen molar-refractivity contribution >= 4 is 5.96 Å². The van der Waals surface area contributed by atoms with Crippen molar-refractivity contribution in [2.45, 2.75) is 19.9 Å². The predicted molar refractivity (Wildman–Crippen MR) is 107 cm³/mol. The van der Waals surface area contributed by atoms with Crippen LogP contribution in [0.1, 0.15) is 18.9 Å². The van der Waals surface area contributed by atoms with Crippen molar-refractivity contribution in [3.63, 3.8) is 0 Å². The highest BCUT2D eigenvalue weighted by molar-refractivity contribution is 5.79. The zero-order chi connectivity index (χ0) is 19.8. The first-order valence-electron chi connectivity index (χ1n) is 9.60. The first-order valence-corrected chi connectivity index (χ1v) is 9.60. The van der Waals surface area contributed by atoms with Crippen LogP contribution in [0.4, 0.5) is 4.39 Å². The predicted octanol–water partition coefficient (Wildman–Crippen LogP) is 3.45. The number of hydrogen-bond acceptors (Lipinski definition) is 4. The number of aliphatic imine (C=N–C) groups is 1. The Labute approximate surface area is 165 Å². The topological polar surface area (TPSA) is 59.0 Å². The maximum absolute atomic E-state index is 13.4. The number of rotatable bonds is 7. The molecule has 1 fully saturated rings. The van der Waals surface area contributed by atoms with Crippen LogP contribution in [0.15, 0.2) is 47.6 Å². The molecular formula is C21H27FN4O2. The molecule has 150 valence electrons. The van der Waals surface area contributed by atoms with Crippen LogP contribution in [0.5, 0.6) is 11.6 Å². The van der Waals surface area contributed by atoms with E-state index in [2.05, 4.69) is 15.2 Å². The zero-order valence-corrected chi connectivity index (χ0v) is 16.4. The molecule has 1 atom stereocenters. The van der Waals surface area contributed by atoms with E-state index < -0.39 is 0 Å². The summed E-state index contributed by atoms with van der Waals surface area (Å²) in [5, 5.41) is 3.33. The van der Waals surface area contributed by atoms with E-state index in [4.69, 9.17) is 14.5 Å². The van der Waals surface area contributed by atoms with Crippen molar-refractivity contribution in [2.75, 3.05) is 33.4 Å². The molecule has 28 heavy (non-hydrogen) atoms. The fourth-order valence-corrected chi connectivity index (χ4v) is 3.11. The molecular weight excluding hydrogens is 359 g/mol. The van der Waals surface area contributed by atoms with Gasteiger partial charge in [-0.25, -0.2) is 14.4 Å². The Morgan fingerprint density at radius 3 is 3.04 bits per heavy atom. The fraction of sp³-hybridized carbons (Fsp3) is 0.429. The number of pyridine rings is 1. The number of hydrogen-bond donors (Lipinski definition) is 1. The summed E-state index contributed by atoms with van der Waals surface area (Å²) in [7, 11) is 2.03. The minimum Gasteiger partial charge on any atom is -0.439 e. The number of nitrogens with one attached hydrogen (secondary N) is 1. The molecule has 3 rings (SSSR count). The number of guanidine groups is 1. The van der Waals surface area contributed by atoms with Crippen LogP contribution in [0.25, 0.3) is 0 Å². The molecule has 1 unspecified atom stereocenters. The van der Waals surface area contributed by atoms with Gasteiger partial charge in [0.05, 0.1) is 13.2 Å². The molecule has 1 saturated heterocycles. The largest absolute Gasteiger partial charge is 0.439 e. The Morgan fingerprint density at radius 2 is 2.29 bits per heavy atom. The number of nitrogens with zero attached hydrogens (tertiary/aromatic N) is 3. The molecule has 1 N–H and O–H groups in total. The summed E-state index contributed by atoms with van der Waals surface area (Å²) < 4.78 is 24.7. The summed E-state index contributed by atoms with van der Waals surface area (Å²) in [6, 6.07) is 9.78. The van der Waals surface area contributed by atoms with E-state index in [1.54, 1.807) is 18.3 Å². The van der Waals surface area contributed by atoms with Gasteiger partial charge in [0.2, 0.25) is 5.88 Å². The standard InChI is InChI=1S/C21H27FN4O2/c1-3-23-21(26(2)14-16-9-11-27-15-16)25-13-17-6-5-10-24-20(17)28-19-8-4-7-18(22)12-19/h4-8,10,12,16H,3,9,11,13-15H2,1-2H3,(H,23,25). The second-order valence-electron chi connectivity index (χ2n) is 6.81. The van der Waals surface area contributed by atoms with E-state index in [-0.39, 0.29) is 5.82 Å². The quantitative estimate of drug-likeness (QED) is 0.583. The van der Waals surface area contributed by atoms with Gasteiger partial charge in [-0.1, -0.05) is 12.1 Å². The number of halogens is 1. The second-order valence-corrected chi connectivity index (χ2v) is 6.81. The zero-order valence-electron chi connectivity index (χ0n) is 16.4. The second kappa shape index (κ2) is 10.0. The minimum absolute atomic E-state index is 0.347. The Kier molecular flexibility index (Phi) is 7.19. The number of aromatic nitrogens is 1. The molecule has 0 aliphatic carbocycles. The molecule has 0 amide bonds. The van der Waals surface area contributed by atoms with Crippen molar-refractivity contribution in [1.29, 1.82) is 0 Å². The van der Waals surface area contributed by atoms with E-state index in [1.807, 2.05) is 26.1 Å². The maximum Gasteiger partial charge on any atom is 0.224 e. The number of benzene rings is 1. The molecule has 1 aliphatic heterocycles. The molecule has 6 nitrogen and oxygen atoms in total. The average molecular weight is 386 g/mol. The molecule has 0 saturated carbocycles. The summed E-state index contributed by atoms with van der Waals surface area (Å²) in [6.07, 6.45) is 2.73. The van der Waals surface area contributed by atoms with Gasteiger partial charge in [0.15, 0.2) is 5.96 Å². The molecule has 7 heteroatoms. The SMILES string of the molecule is CCNC(=NCc1cccnc1Oc1cccc(F)c1)N(C)CC1CCOC1. The molecule has 0 spiro atoms. The van der Waals surface area contributed by atoms with Crippen molar-refractivity contribution < 1.29 is 13.9 Å². The smallest absolute Gasteiger partial charge is 0.224 e. The molecule has 2 aromatic rings. The van der Waals surface area contributed by atoms with Crippen molar-refractivity contribution in [1.82, 2.24) is 15.2 Å². The summed E-state index contributed by atoms with van der Waals surface area (Å²) in [6.45, 7) is 5.77. The van der Waals surface area contributed by atoms with Gasteiger partial charge in [-0.3, -0.25) is 0 Å².